The first-order valence-electron chi connectivity index (χ1n) is 8.05. The van der Waals surface area contributed by atoms with Gasteiger partial charge in [-0.3, -0.25) is 9.98 Å². The lowest BCUT2D eigenvalue weighted by atomic mass is 9.99. The minimum atomic E-state index is 0.704. The topological polar surface area (TPSA) is 61.1 Å². The van der Waals surface area contributed by atoms with Gasteiger partial charge in [-0.2, -0.15) is 5.26 Å². The second kappa shape index (κ2) is 6.98. The molecule has 5 heteroatoms. The number of aryl methyl sites for hydroxylation is 1. The molecule has 0 atom stereocenters. The molecule has 0 saturated heterocycles. The molecule has 0 aromatic carbocycles. The number of rotatable bonds is 5. The van der Waals surface area contributed by atoms with E-state index in [1.54, 1.807) is 0 Å². The van der Waals surface area contributed by atoms with Crippen molar-refractivity contribution in [3.63, 3.8) is 0 Å². The number of anilines is 1. The van der Waals surface area contributed by atoms with Gasteiger partial charge in [-0.05, 0) is 44.0 Å². The summed E-state index contributed by atoms with van der Waals surface area (Å²) in [4.78, 5) is 11.1. The quantitative estimate of drug-likeness (QED) is 0.878. The van der Waals surface area contributed by atoms with Crippen LogP contribution in [0.25, 0.3) is 5.57 Å². The zero-order valence-electron chi connectivity index (χ0n) is 14.2. The Kier molecular flexibility index (Phi) is 4.77. The van der Waals surface area contributed by atoms with Crippen LogP contribution >= 0.6 is 11.3 Å². The summed E-state index contributed by atoms with van der Waals surface area (Å²) in [6.07, 6.45) is 2.83. The van der Waals surface area contributed by atoms with E-state index < -0.39 is 0 Å². The molecule has 1 aliphatic rings. The number of allylic oxidation sites excluding steroid dienone is 1. The van der Waals surface area contributed by atoms with Gasteiger partial charge < -0.3 is 5.32 Å². The number of hydrogen-bond acceptors (Lipinski definition) is 5. The molecule has 2 aromatic heterocycles. The van der Waals surface area contributed by atoms with E-state index in [2.05, 4.69) is 48.2 Å². The molecule has 24 heavy (non-hydrogen) atoms. The van der Waals surface area contributed by atoms with E-state index >= 15 is 0 Å². The average molecular weight is 336 g/mol. The van der Waals surface area contributed by atoms with Crippen LogP contribution in [0.3, 0.4) is 0 Å². The first-order chi connectivity index (χ1) is 11.6. The van der Waals surface area contributed by atoms with E-state index in [9.17, 15) is 0 Å². The van der Waals surface area contributed by atoms with Crippen LogP contribution in [0.5, 0.6) is 0 Å². The third kappa shape index (κ3) is 3.24. The molecule has 1 N–H and O–H groups in total. The van der Waals surface area contributed by atoms with E-state index in [4.69, 9.17) is 5.26 Å². The molecule has 0 amide bonds. The van der Waals surface area contributed by atoms with Crippen molar-refractivity contribution in [3.05, 3.63) is 51.0 Å². The van der Waals surface area contributed by atoms with Crippen molar-refractivity contribution >= 4 is 28.3 Å². The van der Waals surface area contributed by atoms with Crippen molar-refractivity contribution in [2.75, 3.05) is 11.9 Å². The number of nitrogens with one attached hydrogen (secondary N) is 1. The van der Waals surface area contributed by atoms with Crippen LogP contribution in [0.1, 0.15) is 41.8 Å². The largest absolute Gasteiger partial charge is 0.379 e. The average Bonchev–Trinajstić information content (AvgIpc) is 3.19. The van der Waals surface area contributed by atoms with Gasteiger partial charge in [-0.15, -0.1) is 11.3 Å². The lowest BCUT2D eigenvalue weighted by Crippen LogP contribution is -2.05. The summed E-state index contributed by atoms with van der Waals surface area (Å²) in [7, 11) is 0. The molecule has 0 saturated carbocycles. The maximum atomic E-state index is 8.94. The van der Waals surface area contributed by atoms with Crippen LogP contribution in [0.2, 0.25) is 0 Å². The van der Waals surface area contributed by atoms with E-state index in [0.29, 0.717) is 6.54 Å². The van der Waals surface area contributed by atoms with Crippen molar-refractivity contribution in [3.8, 4) is 6.07 Å². The maximum absolute atomic E-state index is 8.94. The third-order valence-electron chi connectivity index (χ3n) is 4.16. The van der Waals surface area contributed by atoms with Gasteiger partial charge in [0.2, 0.25) is 0 Å². The van der Waals surface area contributed by atoms with Gasteiger partial charge in [0.05, 0.1) is 17.9 Å². The van der Waals surface area contributed by atoms with E-state index in [1.165, 1.54) is 22.5 Å². The Bertz CT molecular complexity index is 868. The second-order valence-corrected chi connectivity index (χ2v) is 7.03. The van der Waals surface area contributed by atoms with Crippen LogP contribution in [-0.2, 0) is 13.0 Å². The maximum Gasteiger partial charge on any atom is 0.110 e. The molecule has 2 aromatic rings. The Morgan fingerprint density at radius 1 is 1.33 bits per heavy atom. The highest BCUT2D eigenvalue weighted by atomic mass is 32.1. The minimum absolute atomic E-state index is 0.704. The molecule has 0 unspecified atom stereocenters. The molecule has 3 rings (SSSR count). The van der Waals surface area contributed by atoms with Crippen LogP contribution in [0.4, 0.5) is 5.69 Å². The lowest BCUT2D eigenvalue weighted by Gasteiger charge is -2.13. The van der Waals surface area contributed by atoms with E-state index in [-0.39, 0.29) is 0 Å². The second-order valence-electron chi connectivity index (χ2n) is 5.86. The fourth-order valence-corrected chi connectivity index (χ4v) is 3.68. The number of aliphatic imine (C=N–C) groups is 1. The van der Waals surface area contributed by atoms with Gasteiger partial charge in [0.15, 0.2) is 0 Å². The number of pyridine rings is 1. The number of nitrogens with zero attached hydrogens (tertiary/aromatic N) is 3. The third-order valence-corrected chi connectivity index (χ3v) is 5.15. The van der Waals surface area contributed by atoms with Crippen molar-refractivity contribution < 1.29 is 0 Å². The summed E-state index contributed by atoms with van der Waals surface area (Å²) in [5, 5.41) is 12.4. The molecule has 3 heterocycles. The summed E-state index contributed by atoms with van der Waals surface area (Å²) >= 11 is 1.52. The molecule has 0 aliphatic carbocycles. The van der Waals surface area contributed by atoms with Crippen LogP contribution < -0.4 is 5.32 Å². The van der Waals surface area contributed by atoms with Gasteiger partial charge in [0.25, 0.3) is 0 Å². The number of hydrogen-bond donors (Lipinski definition) is 1. The van der Waals surface area contributed by atoms with Gasteiger partial charge in [0, 0.05) is 34.5 Å². The summed E-state index contributed by atoms with van der Waals surface area (Å²) in [5.74, 6) is 0. The predicted molar refractivity (Wildman–Crippen MR) is 101 cm³/mol. The van der Waals surface area contributed by atoms with Crippen LogP contribution in [0.15, 0.2) is 35.0 Å². The summed E-state index contributed by atoms with van der Waals surface area (Å²) < 4.78 is 0. The van der Waals surface area contributed by atoms with Crippen molar-refractivity contribution in [2.24, 2.45) is 4.99 Å². The van der Waals surface area contributed by atoms with Crippen molar-refractivity contribution in [2.45, 2.75) is 33.7 Å². The molecule has 0 radical (unpaired) electrons. The Hall–Kier alpha value is -2.45. The smallest absolute Gasteiger partial charge is 0.110 e. The molecule has 0 spiro atoms. The number of thiophene rings is 1. The highest BCUT2D eigenvalue weighted by Crippen LogP contribution is 2.28. The summed E-state index contributed by atoms with van der Waals surface area (Å²) in [6.45, 7) is 7.78. The monoisotopic (exact) mass is 336 g/mol. The molecular formula is C19H20N4S. The zero-order chi connectivity index (χ0) is 17.1. The van der Waals surface area contributed by atoms with Gasteiger partial charge >= 0.3 is 0 Å². The molecule has 122 valence electrons. The summed E-state index contributed by atoms with van der Waals surface area (Å²) in [5.41, 5.74) is 6.83. The predicted octanol–water partition coefficient (Wildman–Crippen LogP) is 4.44. The SMILES string of the molecule is CCc1ncc(C2=C(C)CN=C2C)cc1NCc1ccc(C#N)s1. The normalized spacial score (nSPS) is 13.8. The van der Waals surface area contributed by atoms with Gasteiger partial charge in [0.1, 0.15) is 10.9 Å². The highest BCUT2D eigenvalue weighted by molar-refractivity contribution is 7.12. The fourth-order valence-electron chi connectivity index (χ4n) is 2.94. The molecule has 4 nitrogen and oxygen atoms in total. The highest BCUT2D eigenvalue weighted by Gasteiger charge is 2.16. The van der Waals surface area contributed by atoms with Crippen LogP contribution in [0, 0.1) is 11.3 Å². The zero-order valence-corrected chi connectivity index (χ0v) is 15.0. The number of nitriles is 1. The van der Waals surface area contributed by atoms with Crippen LogP contribution in [-0.4, -0.2) is 17.2 Å². The van der Waals surface area contributed by atoms with E-state index in [1.807, 2.05) is 18.3 Å². The Labute approximate surface area is 146 Å². The van der Waals surface area contributed by atoms with Crippen molar-refractivity contribution in [1.29, 1.82) is 5.26 Å². The Morgan fingerprint density at radius 2 is 2.17 bits per heavy atom. The first kappa shape index (κ1) is 16.4. The summed E-state index contributed by atoms with van der Waals surface area (Å²) in [6, 6.07) is 8.22. The Balaban J connectivity index is 1.86. The fraction of sp³-hybridized carbons (Fsp3) is 0.316. The molecule has 1 aliphatic heterocycles. The van der Waals surface area contributed by atoms with Gasteiger partial charge in [-0.25, -0.2) is 0 Å². The standard InChI is InChI=1S/C19H20N4S/c1-4-17-18(23-11-16-6-5-15(8-20)24-16)7-14(10-22-17)19-12(2)9-21-13(19)3/h5-7,10,23H,4,9,11H2,1-3H3. The molecular weight excluding hydrogens is 316 g/mol. The molecule has 0 fully saturated rings. The van der Waals surface area contributed by atoms with Gasteiger partial charge in [-0.1, -0.05) is 6.92 Å². The minimum Gasteiger partial charge on any atom is -0.379 e. The lowest BCUT2D eigenvalue weighted by molar-refractivity contribution is 1.02. The first-order valence-corrected chi connectivity index (χ1v) is 8.87. The van der Waals surface area contributed by atoms with E-state index in [0.717, 1.165) is 45.4 Å². The molecule has 0 bridgehead atoms. The van der Waals surface area contributed by atoms with Crippen molar-refractivity contribution in [1.82, 2.24) is 4.98 Å². The Morgan fingerprint density at radius 3 is 2.79 bits per heavy atom. The number of aromatic nitrogens is 1.